The summed E-state index contributed by atoms with van der Waals surface area (Å²) in [5.74, 6) is -0.782. The molecule has 3 aromatic rings. The average molecular weight is 464 g/mol. The third kappa shape index (κ3) is 4.57. The second-order valence-corrected chi connectivity index (χ2v) is 9.00. The van der Waals surface area contributed by atoms with Crippen LogP contribution in [0.3, 0.4) is 0 Å². The molecule has 170 valence electrons. The summed E-state index contributed by atoms with van der Waals surface area (Å²) in [7, 11) is 0. The molecule has 0 saturated carbocycles. The summed E-state index contributed by atoms with van der Waals surface area (Å²) in [4.78, 5) is 42.5. The highest BCUT2D eigenvalue weighted by Crippen LogP contribution is 2.37. The van der Waals surface area contributed by atoms with E-state index in [0.29, 0.717) is 16.3 Å². The van der Waals surface area contributed by atoms with Crippen molar-refractivity contribution in [2.24, 2.45) is 0 Å². The van der Waals surface area contributed by atoms with E-state index < -0.39 is 6.04 Å². The van der Waals surface area contributed by atoms with Gasteiger partial charge in [-0.1, -0.05) is 48.0 Å². The number of anilines is 1. The van der Waals surface area contributed by atoms with Crippen molar-refractivity contribution in [3.8, 4) is 0 Å². The van der Waals surface area contributed by atoms with Gasteiger partial charge in [-0.05, 0) is 56.0 Å². The number of nitrogens with one attached hydrogen (secondary N) is 1. The van der Waals surface area contributed by atoms with Crippen LogP contribution in [0, 0.1) is 0 Å². The Morgan fingerprint density at radius 3 is 2.42 bits per heavy atom. The fraction of sp³-hybridized carbons (Fsp3) is 0.269. The van der Waals surface area contributed by atoms with Gasteiger partial charge in [0.2, 0.25) is 11.8 Å². The Morgan fingerprint density at radius 1 is 1.03 bits per heavy atom. The van der Waals surface area contributed by atoms with Gasteiger partial charge in [0.15, 0.2) is 0 Å². The summed E-state index contributed by atoms with van der Waals surface area (Å²) in [5.41, 5.74) is 2.10. The third-order valence-corrected chi connectivity index (χ3v) is 6.02. The van der Waals surface area contributed by atoms with Gasteiger partial charge in [-0.25, -0.2) is 0 Å². The Labute approximate surface area is 198 Å². The molecule has 0 aliphatic carbocycles. The first kappa shape index (κ1) is 22.8. The maximum Gasteiger partial charge on any atom is 0.259 e. The Balaban J connectivity index is 1.63. The number of carbonyl (C=O) groups excluding carboxylic acids is 3. The van der Waals surface area contributed by atoms with Crippen molar-refractivity contribution >= 4 is 45.8 Å². The van der Waals surface area contributed by atoms with Crippen molar-refractivity contribution in [3.63, 3.8) is 0 Å². The van der Waals surface area contributed by atoms with E-state index in [9.17, 15) is 14.4 Å². The van der Waals surface area contributed by atoms with Crippen LogP contribution in [0.4, 0.5) is 5.69 Å². The number of rotatable bonds is 7. The van der Waals surface area contributed by atoms with Gasteiger partial charge in [-0.15, -0.1) is 0 Å². The van der Waals surface area contributed by atoms with Crippen LogP contribution in [0.25, 0.3) is 10.8 Å². The minimum Gasteiger partial charge on any atom is -0.352 e. The zero-order valence-corrected chi connectivity index (χ0v) is 19.6. The minimum absolute atomic E-state index is 0.0599. The fourth-order valence-electron chi connectivity index (χ4n) is 4.18. The van der Waals surface area contributed by atoms with E-state index in [1.54, 1.807) is 31.2 Å². The van der Waals surface area contributed by atoms with Crippen LogP contribution in [0.1, 0.15) is 36.7 Å². The van der Waals surface area contributed by atoms with Crippen molar-refractivity contribution in [2.75, 3.05) is 11.4 Å². The summed E-state index contributed by atoms with van der Waals surface area (Å²) < 4.78 is 0. The number of benzene rings is 3. The van der Waals surface area contributed by atoms with E-state index in [0.717, 1.165) is 16.3 Å². The Kier molecular flexibility index (Phi) is 6.38. The molecule has 1 heterocycles. The Morgan fingerprint density at radius 2 is 1.73 bits per heavy atom. The second kappa shape index (κ2) is 9.24. The molecule has 0 bridgehead atoms. The van der Waals surface area contributed by atoms with Crippen LogP contribution in [-0.4, -0.2) is 41.2 Å². The summed E-state index contributed by atoms with van der Waals surface area (Å²) in [5, 5.41) is 5.22. The largest absolute Gasteiger partial charge is 0.352 e. The quantitative estimate of drug-likeness (QED) is 0.564. The molecule has 0 spiro atoms. The van der Waals surface area contributed by atoms with E-state index in [-0.39, 0.29) is 36.9 Å². The average Bonchev–Trinajstić information content (AvgIpc) is 3.04. The van der Waals surface area contributed by atoms with Gasteiger partial charge in [0.05, 0.1) is 5.69 Å². The summed E-state index contributed by atoms with van der Waals surface area (Å²) >= 11 is 6.14. The topological polar surface area (TPSA) is 69.7 Å². The highest BCUT2D eigenvalue weighted by atomic mass is 35.5. The lowest BCUT2D eigenvalue weighted by molar-refractivity contribution is -0.139. The predicted octanol–water partition coefficient (Wildman–Crippen LogP) is 4.40. The van der Waals surface area contributed by atoms with Crippen LogP contribution in [-0.2, 0) is 16.1 Å². The maximum absolute atomic E-state index is 13.6. The molecule has 0 radical (unpaired) electrons. The molecule has 4 rings (SSSR count). The highest BCUT2D eigenvalue weighted by molar-refractivity contribution is 6.30. The molecule has 3 amide bonds. The number of amides is 3. The predicted molar refractivity (Wildman–Crippen MR) is 130 cm³/mol. The second-order valence-electron chi connectivity index (χ2n) is 8.56. The van der Waals surface area contributed by atoms with Crippen LogP contribution in [0.15, 0.2) is 60.7 Å². The number of halogens is 1. The van der Waals surface area contributed by atoms with Gasteiger partial charge in [-0.2, -0.15) is 0 Å². The first-order valence-corrected chi connectivity index (χ1v) is 11.3. The van der Waals surface area contributed by atoms with Gasteiger partial charge < -0.3 is 10.2 Å². The minimum atomic E-state index is -0.727. The zero-order valence-electron chi connectivity index (χ0n) is 18.8. The fourth-order valence-corrected chi connectivity index (χ4v) is 4.39. The number of nitrogens with zero attached hydrogens (tertiary/aromatic N) is 2. The lowest BCUT2D eigenvalue weighted by atomic mass is 10.1. The molecule has 3 aromatic carbocycles. The standard InChI is InChI=1S/C26H26ClN3O3/c1-16(2)28-25(32)17(3)29(14-18-7-4-10-20(27)13-18)23(31)15-30-22-12-6-9-19-8-5-11-21(24(19)22)26(30)33/h4-13,16-17H,14-15H2,1-3H3,(H,28,32)/t17-/m1/s1. The molecular formula is C26H26ClN3O3. The molecular weight excluding hydrogens is 438 g/mol. The Hall–Kier alpha value is -3.38. The van der Waals surface area contributed by atoms with Crippen molar-refractivity contribution in [1.82, 2.24) is 10.2 Å². The summed E-state index contributed by atoms with van der Waals surface area (Å²) in [6, 6.07) is 17.6. The van der Waals surface area contributed by atoms with E-state index in [1.165, 1.54) is 9.80 Å². The van der Waals surface area contributed by atoms with E-state index in [2.05, 4.69) is 5.32 Å². The van der Waals surface area contributed by atoms with Crippen molar-refractivity contribution < 1.29 is 14.4 Å². The van der Waals surface area contributed by atoms with Crippen molar-refractivity contribution in [3.05, 3.63) is 76.8 Å². The first-order chi connectivity index (χ1) is 15.8. The molecule has 0 saturated heterocycles. The van der Waals surface area contributed by atoms with Crippen LogP contribution < -0.4 is 10.2 Å². The molecule has 1 aliphatic heterocycles. The van der Waals surface area contributed by atoms with E-state index in [4.69, 9.17) is 11.6 Å². The summed E-state index contributed by atoms with van der Waals surface area (Å²) in [6.45, 7) is 5.47. The van der Waals surface area contributed by atoms with Gasteiger partial charge in [-0.3, -0.25) is 19.3 Å². The molecule has 33 heavy (non-hydrogen) atoms. The number of hydrogen-bond acceptors (Lipinski definition) is 3. The molecule has 6 nitrogen and oxygen atoms in total. The Bertz CT molecular complexity index is 1240. The normalized spacial score (nSPS) is 13.5. The lowest BCUT2D eigenvalue weighted by Gasteiger charge is -2.31. The first-order valence-electron chi connectivity index (χ1n) is 10.9. The van der Waals surface area contributed by atoms with Gasteiger partial charge in [0.25, 0.3) is 5.91 Å². The molecule has 1 N–H and O–H groups in total. The van der Waals surface area contributed by atoms with Crippen molar-refractivity contribution in [2.45, 2.75) is 39.4 Å². The summed E-state index contributed by atoms with van der Waals surface area (Å²) in [6.07, 6.45) is 0. The van der Waals surface area contributed by atoms with Gasteiger partial charge in [0.1, 0.15) is 12.6 Å². The van der Waals surface area contributed by atoms with Crippen LogP contribution in [0.2, 0.25) is 5.02 Å². The van der Waals surface area contributed by atoms with Gasteiger partial charge >= 0.3 is 0 Å². The number of hydrogen-bond donors (Lipinski definition) is 1. The third-order valence-electron chi connectivity index (χ3n) is 5.78. The number of carbonyl (C=O) groups is 3. The zero-order chi connectivity index (χ0) is 23.7. The van der Waals surface area contributed by atoms with Crippen molar-refractivity contribution in [1.29, 1.82) is 0 Å². The molecule has 7 heteroatoms. The molecule has 1 atom stereocenters. The lowest BCUT2D eigenvalue weighted by Crippen LogP contribution is -2.51. The van der Waals surface area contributed by atoms with E-state index >= 15 is 0 Å². The van der Waals surface area contributed by atoms with Crippen LogP contribution >= 0.6 is 11.6 Å². The molecule has 0 fully saturated rings. The smallest absolute Gasteiger partial charge is 0.259 e. The van der Waals surface area contributed by atoms with E-state index in [1.807, 2.05) is 50.2 Å². The highest BCUT2D eigenvalue weighted by Gasteiger charge is 2.34. The molecule has 1 aliphatic rings. The maximum atomic E-state index is 13.6. The van der Waals surface area contributed by atoms with Crippen LogP contribution in [0.5, 0.6) is 0 Å². The monoisotopic (exact) mass is 463 g/mol. The molecule has 0 unspecified atom stereocenters. The SMILES string of the molecule is CC(C)NC(=O)[C@@H](C)N(Cc1cccc(Cl)c1)C(=O)CN1C(=O)c2cccc3cccc1c23. The van der Waals surface area contributed by atoms with Gasteiger partial charge in [0, 0.05) is 28.6 Å². The molecule has 0 aromatic heterocycles.